The lowest BCUT2D eigenvalue weighted by molar-refractivity contribution is -0.0254. The highest BCUT2D eigenvalue weighted by atomic mass is 79.9. The van der Waals surface area contributed by atoms with Gasteiger partial charge in [0.15, 0.2) is 0 Å². The summed E-state index contributed by atoms with van der Waals surface area (Å²) < 4.78 is 10.1. The predicted octanol–water partition coefficient (Wildman–Crippen LogP) is 0.794. The Morgan fingerprint density at radius 3 is 2.55 bits per heavy atom. The minimum atomic E-state index is -0.422. The van der Waals surface area contributed by atoms with E-state index in [1.54, 1.807) is 7.11 Å². The topological polar surface area (TPSA) is 38.7 Å². The maximum absolute atomic E-state index is 9.06. The third-order valence-corrected chi connectivity index (χ3v) is 1.90. The van der Waals surface area contributed by atoms with Crippen molar-refractivity contribution in [2.75, 3.05) is 25.7 Å². The molecule has 0 aromatic heterocycles. The first-order chi connectivity index (χ1) is 5.20. The van der Waals surface area contributed by atoms with Crippen molar-refractivity contribution in [1.82, 2.24) is 0 Å². The number of alkyl halides is 1. The zero-order chi connectivity index (χ0) is 8.69. The van der Waals surface area contributed by atoms with Crippen LogP contribution in [0.25, 0.3) is 0 Å². The Hall–Kier alpha value is 0.360. The molecule has 0 radical (unpaired) electrons. The van der Waals surface area contributed by atoms with Crippen LogP contribution in [0.1, 0.15) is 6.92 Å². The number of aliphatic hydroxyl groups is 1. The van der Waals surface area contributed by atoms with Gasteiger partial charge in [-0.25, -0.2) is 0 Å². The SMILES string of the molecule is COCC(C)OCC(O)CBr. The fourth-order valence-electron chi connectivity index (χ4n) is 0.603. The van der Waals surface area contributed by atoms with Gasteiger partial charge in [-0.3, -0.25) is 0 Å². The lowest BCUT2D eigenvalue weighted by Crippen LogP contribution is -2.23. The van der Waals surface area contributed by atoms with E-state index in [1.807, 2.05) is 6.92 Å². The number of rotatable bonds is 6. The van der Waals surface area contributed by atoms with Crippen LogP contribution in [0.3, 0.4) is 0 Å². The highest BCUT2D eigenvalue weighted by molar-refractivity contribution is 9.09. The van der Waals surface area contributed by atoms with E-state index in [1.165, 1.54) is 0 Å². The first-order valence-corrected chi connectivity index (χ1v) is 4.67. The van der Waals surface area contributed by atoms with Crippen LogP contribution in [0.5, 0.6) is 0 Å². The smallest absolute Gasteiger partial charge is 0.0870 e. The van der Waals surface area contributed by atoms with Crippen molar-refractivity contribution >= 4 is 15.9 Å². The molecular formula is C7H15BrO3. The molecule has 3 nitrogen and oxygen atoms in total. The average Bonchev–Trinajstić information content (AvgIpc) is 2.01. The summed E-state index contributed by atoms with van der Waals surface area (Å²) in [4.78, 5) is 0. The molecular weight excluding hydrogens is 212 g/mol. The Bertz CT molecular complexity index is 89.8. The van der Waals surface area contributed by atoms with Crippen LogP contribution in [0.2, 0.25) is 0 Å². The maximum Gasteiger partial charge on any atom is 0.0870 e. The molecule has 0 fully saturated rings. The number of hydrogen-bond acceptors (Lipinski definition) is 3. The molecule has 0 heterocycles. The molecule has 0 saturated carbocycles. The first-order valence-electron chi connectivity index (χ1n) is 3.55. The van der Waals surface area contributed by atoms with Crippen LogP contribution in [-0.2, 0) is 9.47 Å². The van der Waals surface area contributed by atoms with Gasteiger partial charge in [-0.05, 0) is 6.92 Å². The molecule has 4 heteroatoms. The van der Waals surface area contributed by atoms with Gasteiger partial charge < -0.3 is 14.6 Å². The highest BCUT2D eigenvalue weighted by Gasteiger charge is 2.05. The normalized spacial score (nSPS) is 16.4. The van der Waals surface area contributed by atoms with Gasteiger partial charge in [0.1, 0.15) is 0 Å². The monoisotopic (exact) mass is 226 g/mol. The molecule has 0 aromatic rings. The minimum Gasteiger partial charge on any atom is -0.390 e. The van der Waals surface area contributed by atoms with Crippen LogP contribution < -0.4 is 0 Å². The Balaban J connectivity index is 3.22. The molecule has 2 unspecified atom stereocenters. The molecule has 0 aliphatic carbocycles. The largest absolute Gasteiger partial charge is 0.390 e. The van der Waals surface area contributed by atoms with E-state index in [2.05, 4.69) is 15.9 Å². The molecule has 0 aliphatic heterocycles. The Morgan fingerprint density at radius 1 is 1.45 bits per heavy atom. The van der Waals surface area contributed by atoms with Gasteiger partial charge in [0.2, 0.25) is 0 Å². The second kappa shape index (κ2) is 7.03. The summed E-state index contributed by atoms with van der Waals surface area (Å²) >= 11 is 3.14. The molecule has 0 amide bonds. The minimum absolute atomic E-state index is 0.0497. The zero-order valence-electron chi connectivity index (χ0n) is 6.92. The molecule has 68 valence electrons. The zero-order valence-corrected chi connectivity index (χ0v) is 8.50. The fourth-order valence-corrected chi connectivity index (χ4v) is 0.790. The Kier molecular flexibility index (Phi) is 7.26. The lowest BCUT2D eigenvalue weighted by atomic mass is 10.4. The molecule has 0 spiro atoms. The van der Waals surface area contributed by atoms with Crippen molar-refractivity contribution in [2.24, 2.45) is 0 Å². The molecule has 2 atom stereocenters. The summed E-state index contributed by atoms with van der Waals surface area (Å²) in [5, 5.41) is 9.61. The van der Waals surface area contributed by atoms with E-state index in [9.17, 15) is 0 Å². The van der Waals surface area contributed by atoms with Crippen LogP contribution in [0, 0.1) is 0 Å². The molecule has 0 aromatic carbocycles. The van der Waals surface area contributed by atoms with Crippen LogP contribution in [0.4, 0.5) is 0 Å². The van der Waals surface area contributed by atoms with Gasteiger partial charge in [0.25, 0.3) is 0 Å². The van der Waals surface area contributed by atoms with Gasteiger partial charge in [-0.15, -0.1) is 0 Å². The summed E-state index contributed by atoms with van der Waals surface area (Å²) in [7, 11) is 1.63. The van der Waals surface area contributed by atoms with Crippen molar-refractivity contribution < 1.29 is 14.6 Å². The third-order valence-electron chi connectivity index (χ3n) is 1.15. The second-order valence-corrected chi connectivity index (χ2v) is 3.05. The first kappa shape index (κ1) is 11.4. The van der Waals surface area contributed by atoms with Gasteiger partial charge in [0, 0.05) is 12.4 Å². The van der Waals surface area contributed by atoms with Crippen LogP contribution >= 0.6 is 15.9 Å². The predicted molar refractivity (Wildman–Crippen MR) is 47.1 cm³/mol. The molecule has 11 heavy (non-hydrogen) atoms. The van der Waals surface area contributed by atoms with Crippen molar-refractivity contribution in [2.45, 2.75) is 19.1 Å². The van der Waals surface area contributed by atoms with E-state index >= 15 is 0 Å². The third kappa shape index (κ3) is 6.75. The molecule has 0 aliphatic rings. The van der Waals surface area contributed by atoms with Gasteiger partial charge in [-0.1, -0.05) is 15.9 Å². The quantitative estimate of drug-likeness (QED) is 0.682. The second-order valence-electron chi connectivity index (χ2n) is 2.41. The summed E-state index contributed by atoms with van der Waals surface area (Å²) in [6.07, 6.45) is -0.372. The number of ether oxygens (including phenoxy) is 2. The highest BCUT2D eigenvalue weighted by Crippen LogP contribution is 1.96. The molecule has 1 N–H and O–H groups in total. The van der Waals surface area contributed by atoms with Crippen LogP contribution in [0.15, 0.2) is 0 Å². The van der Waals surface area contributed by atoms with Gasteiger partial charge in [0.05, 0.1) is 25.4 Å². The summed E-state index contributed by atoms with van der Waals surface area (Å²) in [5.41, 5.74) is 0. The van der Waals surface area contributed by atoms with E-state index in [-0.39, 0.29) is 6.10 Å². The molecule has 0 rings (SSSR count). The van der Waals surface area contributed by atoms with E-state index in [4.69, 9.17) is 14.6 Å². The number of aliphatic hydroxyl groups excluding tert-OH is 1. The number of halogens is 1. The molecule has 0 bridgehead atoms. The van der Waals surface area contributed by atoms with Gasteiger partial charge >= 0.3 is 0 Å². The maximum atomic E-state index is 9.06. The number of methoxy groups -OCH3 is 1. The van der Waals surface area contributed by atoms with Crippen molar-refractivity contribution in [3.63, 3.8) is 0 Å². The van der Waals surface area contributed by atoms with Crippen LogP contribution in [-0.4, -0.2) is 43.0 Å². The van der Waals surface area contributed by atoms with Gasteiger partial charge in [-0.2, -0.15) is 0 Å². The fraction of sp³-hybridized carbons (Fsp3) is 1.00. The average molecular weight is 227 g/mol. The Labute approximate surface area is 75.8 Å². The summed E-state index contributed by atoms with van der Waals surface area (Å²) in [5.74, 6) is 0. The van der Waals surface area contributed by atoms with Crippen molar-refractivity contribution in [3.8, 4) is 0 Å². The molecule has 0 saturated heterocycles. The standard InChI is InChI=1S/C7H15BrO3/c1-6(4-10-2)11-5-7(9)3-8/h6-7,9H,3-5H2,1-2H3. The van der Waals surface area contributed by atoms with Crippen molar-refractivity contribution in [1.29, 1.82) is 0 Å². The summed E-state index contributed by atoms with van der Waals surface area (Å²) in [6.45, 7) is 2.83. The Morgan fingerprint density at radius 2 is 2.09 bits per heavy atom. The number of hydrogen-bond donors (Lipinski definition) is 1. The van der Waals surface area contributed by atoms with Crippen molar-refractivity contribution in [3.05, 3.63) is 0 Å². The van der Waals surface area contributed by atoms with E-state index in [0.29, 0.717) is 18.5 Å². The summed E-state index contributed by atoms with van der Waals surface area (Å²) in [6, 6.07) is 0. The van der Waals surface area contributed by atoms with E-state index < -0.39 is 6.10 Å². The lowest BCUT2D eigenvalue weighted by Gasteiger charge is -2.13. The van der Waals surface area contributed by atoms with E-state index in [0.717, 1.165) is 0 Å².